The highest BCUT2D eigenvalue weighted by Crippen LogP contribution is 2.10. The molecule has 1 N–H and O–H groups in total. The van der Waals surface area contributed by atoms with Crippen molar-refractivity contribution in [3.63, 3.8) is 0 Å². The van der Waals surface area contributed by atoms with Crippen LogP contribution in [0.15, 0.2) is 0 Å². The van der Waals surface area contributed by atoms with Crippen LogP contribution in [-0.2, 0) is 13.6 Å². The van der Waals surface area contributed by atoms with Crippen molar-refractivity contribution in [1.29, 1.82) is 0 Å². The summed E-state index contributed by atoms with van der Waals surface area (Å²) in [6.07, 6.45) is 1.62. The Hall–Kier alpha value is -0.176. The van der Waals surface area contributed by atoms with Gasteiger partial charge >= 0.3 is 8.56 Å². The molecule has 0 saturated carbocycles. The molecule has 0 rings (SSSR count). The van der Waals surface area contributed by atoms with Crippen molar-refractivity contribution < 1.29 is 13.6 Å². The van der Waals surface area contributed by atoms with Crippen molar-refractivity contribution in [3.8, 4) is 0 Å². The predicted molar refractivity (Wildman–Crippen MR) is 80.8 cm³/mol. The first-order valence-corrected chi connectivity index (χ1v) is 13.2. The van der Waals surface area contributed by atoms with E-state index in [1.54, 1.807) is 7.11 Å². The highest BCUT2D eigenvalue weighted by molar-refractivity contribution is 6.76. The molecule has 0 aliphatic rings. The van der Waals surface area contributed by atoms with E-state index < -0.39 is 16.6 Å². The van der Waals surface area contributed by atoms with Crippen molar-refractivity contribution >= 4 is 22.6 Å². The normalized spacial score (nSPS) is 12.6. The smallest absolute Gasteiger partial charge is 0.394 e. The summed E-state index contributed by atoms with van der Waals surface area (Å²) in [5, 5.41) is 3.29. The molecule has 0 unspecified atom stereocenters. The summed E-state index contributed by atoms with van der Waals surface area (Å²) in [5.41, 5.74) is 0. The van der Waals surface area contributed by atoms with E-state index in [0.29, 0.717) is 13.0 Å². The number of hydrogen-bond acceptors (Lipinski definition) is 4. The second-order valence-electron chi connectivity index (χ2n) is 6.24. The maximum Gasteiger partial charge on any atom is 0.394 e. The van der Waals surface area contributed by atoms with Gasteiger partial charge in [0.25, 0.3) is 5.97 Å². The van der Waals surface area contributed by atoms with Gasteiger partial charge in [0.2, 0.25) is 0 Å². The fourth-order valence-corrected chi connectivity index (χ4v) is 3.40. The molecular weight excluding hydrogens is 262 g/mol. The molecule has 0 aromatic rings. The third kappa shape index (κ3) is 10.9. The fraction of sp³-hybridized carbons (Fsp3) is 0.917. The maximum atomic E-state index is 11.5. The highest BCUT2D eigenvalue weighted by atomic mass is 28.4. The van der Waals surface area contributed by atoms with Crippen LogP contribution >= 0.6 is 0 Å². The number of carbonyl (C=O) groups is 1. The Bertz CT molecular complexity index is 252. The number of rotatable bonds is 9. The van der Waals surface area contributed by atoms with Crippen molar-refractivity contribution in [2.45, 2.75) is 51.6 Å². The molecule has 0 aliphatic carbocycles. The van der Waals surface area contributed by atoms with Gasteiger partial charge in [-0.3, -0.25) is 4.79 Å². The molecular formula is C12H29NO3Si2. The second kappa shape index (κ2) is 8.09. The number of nitrogens with one attached hydrogen (secondary N) is 1. The topological polar surface area (TPSA) is 47.6 Å². The molecule has 0 radical (unpaired) electrons. The average molecular weight is 292 g/mol. The third-order valence-electron chi connectivity index (χ3n) is 2.64. The van der Waals surface area contributed by atoms with Gasteiger partial charge in [0, 0.05) is 21.7 Å². The van der Waals surface area contributed by atoms with E-state index >= 15 is 0 Å². The quantitative estimate of drug-likeness (QED) is 0.524. The molecule has 0 bridgehead atoms. The zero-order chi connectivity index (χ0) is 14.2. The molecule has 18 heavy (non-hydrogen) atoms. The summed E-state index contributed by atoms with van der Waals surface area (Å²) in [6.45, 7) is 12.5. The van der Waals surface area contributed by atoms with E-state index in [-0.39, 0.29) is 5.97 Å². The molecule has 0 aromatic carbocycles. The number of hydrogen-bond donors (Lipinski definition) is 1. The lowest BCUT2D eigenvalue weighted by Gasteiger charge is -2.20. The molecule has 0 atom stereocenters. The zero-order valence-corrected chi connectivity index (χ0v) is 14.8. The van der Waals surface area contributed by atoms with Gasteiger partial charge in [0.1, 0.15) is 0 Å². The average Bonchev–Trinajstić information content (AvgIpc) is 2.21. The van der Waals surface area contributed by atoms with E-state index in [9.17, 15) is 4.79 Å². The molecule has 108 valence electrons. The van der Waals surface area contributed by atoms with Crippen LogP contribution in [0.2, 0.25) is 38.8 Å². The van der Waals surface area contributed by atoms with Gasteiger partial charge in [0.15, 0.2) is 0 Å². The summed E-state index contributed by atoms with van der Waals surface area (Å²) in [5.74, 6) is -0.161. The first-order valence-electron chi connectivity index (χ1n) is 6.64. The Labute approximate surface area is 114 Å². The first-order chi connectivity index (χ1) is 8.16. The van der Waals surface area contributed by atoms with E-state index in [4.69, 9.17) is 8.85 Å². The lowest BCUT2D eigenvalue weighted by Crippen LogP contribution is -2.36. The third-order valence-corrected chi connectivity index (χ3v) is 6.19. The maximum absolute atomic E-state index is 11.5. The van der Waals surface area contributed by atoms with Crippen LogP contribution in [0.3, 0.4) is 0 Å². The van der Waals surface area contributed by atoms with Crippen LogP contribution in [0.5, 0.6) is 0 Å². The van der Waals surface area contributed by atoms with Crippen LogP contribution in [0.1, 0.15) is 12.8 Å². The molecule has 0 heterocycles. The molecule has 4 nitrogen and oxygen atoms in total. The largest absolute Gasteiger partial charge is 0.494 e. The zero-order valence-electron chi connectivity index (χ0n) is 12.8. The first kappa shape index (κ1) is 17.8. The Balaban J connectivity index is 3.53. The van der Waals surface area contributed by atoms with Crippen LogP contribution in [0.4, 0.5) is 0 Å². The van der Waals surface area contributed by atoms with Crippen LogP contribution in [0.25, 0.3) is 0 Å². The van der Waals surface area contributed by atoms with Crippen molar-refractivity contribution in [2.75, 3.05) is 20.2 Å². The molecule has 0 saturated heterocycles. The van der Waals surface area contributed by atoms with Gasteiger partial charge in [-0.2, -0.15) is 0 Å². The molecule has 0 fully saturated rings. The monoisotopic (exact) mass is 291 g/mol. The van der Waals surface area contributed by atoms with Crippen molar-refractivity contribution in [2.24, 2.45) is 0 Å². The van der Waals surface area contributed by atoms with Crippen LogP contribution in [0, 0.1) is 0 Å². The molecule has 0 aromatic heterocycles. The minimum atomic E-state index is -2.21. The van der Waals surface area contributed by atoms with E-state index in [1.807, 2.05) is 13.1 Å². The van der Waals surface area contributed by atoms with Gasteiger partial charge in [0.05, 0.1) is 6.42 Å². The lowest BCUT2D eigenvalue weighted by molar-refractivity contribution is -0.136. The lowest BCUT2D eigenvalue weighted by atomic mass is 10.4. The SMILES string of the molecule is CO[Si](C)(C)OC(=O)CCNCCC[Si](C)(C)C. The Morgan fingerprint density at radius 2 is 1.72 bits per heavy atom. The standard InChI is InChI=1S/C12H29NO3Si2/c1-15-18(5,6)16-12(14)8-10-13-9-7-11-17(2,3)4/h13H,7-11H2,1-6H3. The van der Waals surface area contributed by atoms with E-state index in [2.05, 4.69) is 25.0 Å². The van der Waals surface area contributed by atoms with E-state index in [1.165, 1.54) is 12.5 Å². The minimum Gasteiger partial charge on any atom is -0.494 e. The summed E-state index contributed by atoms with van der Waals surface area (Å²) < 4.78 is 10.5. The van der Waals surface area contributed by atoms with Gasteiger partial charge in [-0.05, 0) is 26.1 Å². The molecule has 0 aliphatic heterocycles. The van der Waals surface area contributed by atoms with Crippen LogP contribution in [-0.4, -0.2) is 42.8 Å². The number of carbonyl (C=O) groups excluding carboxylic acids is 1. The van der Waals surface area contributed by atoms with Gasteiger partial charge in [-0.1, -0.05) is 25.7 Å². The Morgan fingerprint density at radius 1 is 1.11 bits per heavy atom. The van der Waals surface area contributed by atoms with Crippen LogP contribution < -0.4 is 5.32 Å². The predicted octanol–water partition coefficient (Wildman–Crippen LogP) is 2.59. The molecule has 6 heteroatoms. The van der Waals surface area contributed by atoms with Gasteiger partial charge in [-0.25, -0.2) is 0 Å². The fourth-order valence-electron chi connectivity index (χ4n) is 1.43. The van der Waals surface area contributed by atoms with E-state index in [0.717, 1.165) is 6.54 Å². The van der Waals surface area contributed by atoms with Gasteiger partial charge < -0.3 is 14.2 Å². The van der Waals surface area contributed by atoms with Crippen molar-refractivity contribution in [3.05, 3.63) is 0 Å². The summed E-state index contributed by atoms with van der Waals surface area (Å²) in [7, 11) is -1.54. The molecule has 0 spiro atoms. The second-order valence-corrected chi connectivity index (χ2v) is 15.3. The Kier molecular flexibility index (Phi) is 8.01. The van der Waals surface area contributed by atoms with Gasteiger partial charge in [-0.15, -0.1) is 0 Å². The summed E-state index contributed by atoms with van der Waals surface area (Å²) in [6, 6.07) is 1.33. The summed E-state index contributed by atoms with van der Waals surface area (Å²) >= 11 is 0. The highest BCUT2D eigenvalue weighted by Gasteiger charge is 2.27. The Morgan fingerprint density at radius 3 is 2.22 bits per heavy atom. The van der Waals surface area contributed by atoms with Crippen molar-refractivity contribution in [1.82, 2.24) is 5.32 Å². The molecule has 0 amide bonds. The summed E-state index contributed by atoms with van der Waals surface area (Å²) in [4.78, 5) is 11.5. The minimum absolute atomic E-state index is 0.161.